The average molecular weight is 406 g/mol. The SMILES string of the molecule is COc1ccc(OCCCN2CCCC2COS(=O)(=O)c2ccccc2)cc1. The topological polar surface area (TPSA) is 65.1 Å². The van der Waals surface area contributed by atoms with Crippen LogP contribution in [0, 0.1) is 0 Å². The molecule has 0 aromatic heterocycles. The van der Waals surface area contributed by atoms with E-state index in [1.165, 1.54) is 0 Å². The first-order valence-electron chi connectivity index (χ1n) is 9.54. The molecule has 0 amide bonds. The summed E-state index contributed by atoms with van der Waals surface area (Å²) in [5, 5.41) is 0. The van der Waals surface area contributed by atoms with Gasteiger partial charge in [-0.25, -0.2) is 0 Å². The van der Waals surface area contributed by atoms with Gasteiger partial charge in [0, 0.05) is 12.6 Å². The minimum absolute atomic E-state index is 0.125. The van der Waals surface area contributed by atoms with Crippen LogP contribution >= 0.6 is 0 Å². The molecule has 2 aromatic carbocycles. The van der Waals surface area contributed by atoms with Crippen LogP contribution in [-0.2, 0) is 14.3 Å². The first-order valence-corrected chi connectivity index (χ1v) is 10.9. The van der Waals surface area contributed by atoms with Gasteiger partial charge in [-0.1, -0.05) is 18.2 Å². The van der Waals surface area contributed by atoms with Gasteiger partial charge in [-0.3, -0.25) is 9.08 Å². The molecule has 6 nitrogen and oxygen atoms in total. The Hall–Kier alpha value is -2.09. The third kappa shape index (κ3) is 5.70. The van der Waals surface area contributed by atoms with Crippen LogP contribution in [0.4, 0.5) is 0 Å². The number of benzene rings is 2. The van der Waals surface area contributed by atoms with E-state index in [1.807, 2.05) is 24.3 Å². The molecule has 0 bridgehead atoms. The quantitative estimate of drug-likeness (QED) is 0.446. The lowest BCUT2D eigenvalue weighted by Crippen LogP contribution is -2.35. The normalized spacial score (nSPS) is 17.5. The molecule has 1 unspecified atom stereocenters. The van der Waals surface area contributed by atoms with Crippen LogP contribution in [0.2, 0.25) is 0 Å². The van der Waals surface area contributed by atoms with E-state index in [-0.39, 0.29) is 17.5 Å². The lowest BCUT2D eigenvalue weighted by atomic mass is 10.2. The molecular formula is C21H27NO5S. The van der Waals surface area contributed by atoms with E-state index in [1.54, 1.807) is 37.4 Å². The van der Waals surface area contributed by atoms with E-state index in [9.17, 15) is 8.42 Å². The van der Waals surface area contributed by atoms with Gasteiger partial charge in [0.2, 0.25) is 0 Å². The molecule has 0 saturated carbocycles. The van der Waals surface area contributed by atoms with Crippen LogP contribution in [0.1, 0.15) is 19.3 Å². The van der Waals surface area contributed by atoms with Crippen molar-refractivity contribution >= 4 is 10.1 Å². The molecule has 1 fully saturated rings. The van der Waals surface area contributed by atoms with Crippen LogP contribution in [0.5, 0.6) is 11.5 Å². The highest BCUT2D eigenvalue weighted by Crippen LogP contribution is 2.21. The molecule has 152 valence electrons. The van der Waals surface area contributed by atoms with Gasteiger partial charge in [0.25, 0.3) is 10.1 Å². The van der Waals surface area contributed by atoms with Crippen molar-refractivity contribution in [3.05, 3.63) is 54.6 Å². The van der Waals surface area contributed by atoms with Crippen molar-refractivity contribution in [2.75, 3.05) is 33.4 Å². The molecule has 1 heterocycles. The zero-order valence-corrected chi connectivity index (χ0v) is 16.9. The molecule has 0 spiro atoms. The number of ether oxygens (including phenoxy) is 2. The number of rotatable bonds is 10. The zero-order chi connectivity index (χ0) is 19.8. The number of methoxy groups -OCH3 is 1. The van der Waals surface area contributed by atoms with Crippen molar-refractivity contribution in [1.82, 2.24) is 4.90 Å². The van der Waals surface area contributed by atoms with Crippen LogP contribution in [0.25, 0.3) is 0 Å². The molecule has 1 aliphatic heterocycles. The van der Waals surface area contributed by atoms with E-state index < -0.39 is 10.1 Å². The van der Waals surface area contributed by atoms with Crippen molar-refractivity contribution in [3.63, 3.8) is 0 Å². The first-order chi connectivity index (χ1) is 13.6. The maximum absolute atomic E-state index is 12.3. The van der Waals surface area contributed by atoms with Crippen molar-refractivity contribution in [2.45, 2.75) is 30.2 Å². The van der Waals surface area contributed by atoms with Gasteiger partial charge in [0.15, 0.2) is 0 Å². The Labute approximate surface area is 167 Å². The summed E-state index contributed by atoms with van der Waals surface area (Å²) in [6.07, 6.45) is 2.87. The van der Waals surface area contributed by atoms with Crippen LogP contribution in [-0.4, -0.2) is 52.8 Å². The second kappa shape index (κ2) is 9.91. The number of nitrogens with zero attached hydrogens (tertiary/aromatic N) is 1. The predicted molar refractivity (Wildman–Crippen MR) is 107 cm³/mol. The Bertz CT molecular complexity index is 824. The van der Waals surface area contributed by atoms with Crippen molar-refractivity contribution < 1.29 is 22.1 Å². The molecule has 2 aromatic rings. The highest BCUT2D eigenvalue weighted by atomic mass is 32.2. The van der Waals surface area contributed by atoms with Gasteiger partial charge in [-0.05, 0) is 62.2 Å². The summed E-state index contributed by atoms with van der Waals surface area (Å²) in [7, 11) is -2.06. The van der Waals surface area contributed by atoms with E-state index in [4.69, 9.17) is 13.7 Å². The Kier molecular flexibility index (Phi) is 7.30. The van der Waals surface area contributed by atoms with Gasteiger partial charge in [0.1, 0.15) is 11.5 Å². The van der Waals surface area contributed by atoms with E-state index >= 15 is 0 Å². The Morgan fingerprint density at radius 3 is 2.46 bits per heavy atom. The minimum Gasteiger partial charge on any atom is -0.497 e. The second-order valence-corrected chi connectivity index (χ2v) is 8.38. The molecule has 3 rings (SSSR count). The first kappa shape index (κ1) is 20.6. The largest absolute Gasteiger partial charge is 0.497 e. The molecule has 0 radical (unpaired) electrons. The Balaban J connectivity index is 1.42. The standard InChI is InChI=1S/C21H27NO5S/c1-25-19-10-12-20(13-11-19)26-16-6-15-22-14-5-7-18(22)17-27-28(23,24)21-8-3-2-4-9-21/h2-4,8-13,18H,5-7,14-17H2,1H3. The van der Waals surface area contributed by atoms with Crippen LogP contribution < -0.4 is 9.47 Å². The number of likely N-dealkylation sites (tertiary alicyclic amines) is 1. The summed E-state index contributed by atoms with van der Waals surface area (Å²) in [4.78, 5) is 2.49. The van der Waals surface area contributed by atoms with Gasteiger partial charge in [-0.15, -0.1) is 0 Å². The third-order valence-electron chi connectivity index (χ3n) is 4.86. The molecular weight excluding hydrogens is 378 g/mol. The van der Waals surface area contributed by atoms with Crippen LogP contribution in [0.3, 0.4) is 0 Å². The lowest BCUT2D eigenvalue weighted by molar-refractivity contribution is 0.166. The molecule has 1 saturated heterocycles. The van der Waals surface area contributed by atoms with Gasteiger partial charge < -0.3 is 9.47 Å². The molecule has 1 aliphatic rings. The minimum atomic E-state index is -3.70. The van der Waals surface area contributed by atoms with E-state index in [0.29, 0.717) is 6.61 Å². The fraction of sp³-hybridized carbons (Fsp3) is 0.429. The number of hydrogen-bond donors (Lipinski definition) is 0. The van der Waals surface area contributed by atoms with Crippen molar-refractivity contribution in [2.24, 2.45) is 0 Å². The fourth-order valence-corrected chi connectivity index (χ4v) is 4.29. The van der Waals surface area contributed by atoms with E-state index in [2.05, 4.69) is 4.90 Å². The Morgan fingerprint density at radius 2 is 1.75 bits per heavy atom. The summed E-state index contributed by atoms with van der Waals surface area (Å²) >= 11 is 0. The summed E-state index contributed by atoms with van der Waals surface area (Å²) in [6.45, 7) is 2.62. The highest BCUT2D eigenvalue weighted by Gasteiger charge is 2.26. The maximum atomic E-state index is 12.3. The molecule has 7 heteroatoms. The molecule has 0 aliphatic carbocycles. The van der Waals surface area contributed by atoms with Crippen molar-refractivity contribution in [1.29, 1.82) is 0 Å². The van der Waals surface area contributed by atoms with Gasteiger partial charge >= 0.3 is 0 Å². The second-order valence-electron chi connectivity index (χ2n) is 6.76. The smallest absolute Gasteiger partial charge is 0.297 e. The highest BCUT2D eigenvalue weighted by molar-refractivity contribution is 7.86. The van der Waals surface area contributed by atoms with Gasteiger partial charge in [0.05, 0.1) is 25.2 Å². The fourth-order valence-electron chi connectivity index (χ4n) is 3.33. The summed E-state index contributed by atoms with van der Waals surface area (Å²) < 4.78 is 40.8. The lowest BCUT2D eigenvalue weighted by Gasteiger charge is -2.24. The average Bonchev–Trinajstić information content (AvgIpc) is 3.18. The summed E-state index contributed by atoms with van der Waals surface area (Å²) in [6, 6.07) is 15.9. The summed E-state index contributed by atoms with van der Waals surface area (Å²) in [5.41, 5.74) is 0. The van der Waals surface area contributed by atoms with Gasteiger partial charge in [-0.2, -0.15) is 8.42 Å². The molecule has 1 atom stereocenters. The molecule has 28 heavy (non-hydrogen) atoms. The third-order valence-corrected chi connectivity index (χ3v) is 6.16. The van der Waals surface area contributed by atoms with Crippen LogP contribution in [0.15, 0.2) is 59.5 Å². The number of hydrogen-bond acceptors (Lipinski definition) is 6. The predicted octanol–water partition coefficient (Wildman–Crippen LogP) is 3.33. The Morgan fingerprint density at radius 1 is 1.04 bits per heavy atom. The van der Waals surface area contributed by atoms with E-state index in [0.717, 1.165) is 43.9 Å². The monoisotopic (exact) mass is 405 g/mol. The maximum Gasteiger partial charge on any atom is 0.297 e. The summed E-state index contributed by atoms with van der Waals surface area (Å²) in [5.74, 6) is 1.62. The molecule has 0 N–H and O–H groups in total. The van der Waals surface area contributed by atoms with Crippen molar-refractivity contribution in [3.8, 4) is 11.5 Å². The zero-order valence-electron chi connectivity index (χ0n) is 16.1.